The number of urea groups is 2. The van der Waals surface area contributed by atoms with Crippen molar-refractivity contribution in [3.05, 3.63) is 76.3 Å². The molecule has 1 saturated heterocycles. The predicted octanol–water partition coefficient (Wildman–Crippen LogP) is 5.58. The topological polar surface area (TPSA) is 69.6 Å². The largest absolute Gasteiger partial charge is 0.352 e. The quantitative estimate of drug-likeness (QED) is 0.438. The summed E-state index contributed by atoms with van der Waals surface area (Å²) < 4.78 is 2.45. The van der Waals surface area contributed by atoms with E-state index in [0.29, 0.717) is 13.1 Å². The third kappa shape index (κ3) is 5.57. The van der Waals surface area contributed by atoms with Crippen LogP contribution in [0.3, 0.4) is 0 Å². The van der Waals surface area contributed by atoms with Gasteiger partial charge in [-0.2, -0.15) is 0 Å². The van der Waals surface area contributed by atoms with Crippen LogP contribution in [0.1, 0.15) is 56.0 Å². The van der Waals surface area contributed by atoms with E-state index in [-0.39, 0.29) is 17.4 Å². The van der Waals surface area contributed by atoms with Gasteiger partial charge in [0, 0.05) is 30.2 Å². The number of hydrogen-bond donors (Lipinski definition) is 2. The van der Waals surface area contributed by atoms with E-state index < -0.39 is 6.29 Å². The minimum atomic E-state index is -0.617. The van der Waals surface area contributed by atoms with Gasteiger partial charge < -0.3 is 9.88 Å². The number of hydrogen-bond acceptors (Lipinski definition) is 3. The zero-order valence-electron chi connectivity index (χ0n) is 21.7. The molecule has 0 spiro atoms. The van der Waals surface area contributed by atoms with Crippen molar-refractivity contribution < 1.29 is 9.59 Å². The molecule has 0 aromatic carbocycles. The number of rotatable bonds is 8. The molecule has 2 atom stereocenters. The number of nitrogens with zero attached hydrogens (tertiary/aromatic N) is 3. The highest BCUT2D eigenvalue weighted by atomic mass is 35.5. The molecule has 4 aliphatic rings. The summed E-state index contributed by atoms with van der Waals surface area (Å²) >= 11 is 6.18. The summed E-state index contributed by atoms with van der Waals surface area (Å²) in [5, 5.41) is 6.44. The number of alkyl halides is 1. The van der Waals surface area contributed by atoms with E-state index in [9.17, 15) is 9.59 Å². The van der Waals surface area contributed by atoms with Gasteiger partial charge in [0.25, 0.3) is 0 Å². The Labute approximate surface area is 224 Å². The van der Waals surface area contributed by atoms with Crippen LogP contribution in [-0.4, -0.2) is 51.2 Å². The molecule has 4 amide bonds. The second kappa shape index (κ2) is 11.1. The van der Waals surface area contributed by atoms with Gasteiger partial charge in [0.1, 0.15) is 0 Å². The van der Waals surface area contributed by atoms with Crippen molar-refractivity contribution in [3.63, 3.8) is 0 Å². The molecule has 1 aromatic heterocycles. The Morgan fingerprint density at radius 1 is 1.22 bits per heavy atom. The van der Waals surface area contributed by atoms with Crippen LogP contribution in [0.15, 0.2) is 59.4 Å². The normalized spacial score (nSPS) is 23.4. The van der Waals surface area contributed by atoms with Crippen LogP contribution in [0.5, 0.6) is 0 Å². The molecule has 1 aromatic rings. The molecule has 8 heteroatoms. The average molecular weight is 522 g/mol. The van der Waals surface area contributed by atoms with Gasteiger partial charge in [-0.15, -0.1) is 11.6 Å². The first-order valence-electron chi connectivity index (χ1n) is 13.3. The van der Waals surface area contributed by atoms with Crippen molar-refractivity contribution in [2.75, 3.05) is 13.1 Å². The van der Waals surface area contributed by atoms with Crippen LogP contribution in [0.2, 0.25) is 0 Å². The van der Waals surface area contributed by atoms with Crippen molar-refractivity contribution in [2.45, 2.75) is 70.6 Å². The van der Waals surface area contributed by atoms with E-state index >= 15 is 0 Å². The molecule has 2 N–H and O–H groups in total. The van der Waals surface area contributed by atoms with Crippen molar-refractivity contribution in [3.8, 4) is 0 Å². The van der Waals surface area contributed by atoms with Crippen LogP contribution < -0.4 is 10.6 Å². The number of amides is 4. The number of carbonyl (C=O) groups is 2. The standard InChI is InChI=1S/C29H36ClN5O2/c1-3-33-28(36)32-27(35(29(33)37)19-22-9-11-24(30)12-10-22)31-25-13-14-26-23(18-25)17-20(2)34(26)16-15-21-7-5-4-6-8-21/h4-5,7,9-11,17-18,24,27,31H,3,6,8,12-16,19H2,1-2H3,(H,32,36). The van der Waals surface area contributed by atoms with Gasteiger partial charge in [0.2, 0.25) is 0 Å². The maximum Gasteiger partial charge on any atom is 0.331 e. The first-order valence-corrected chi connectivity index (χ1v) is 13.8. The highest BCUT2D eigenvalue weighted by Gasteiger charge is 2.38. The smallest absolute Gasteiger partial charge is 0.331 e. The van der Waals surface area contributed by atoms with Crippen LogP contribution in [0.25, 0.3) is 6.08 Å². The number of allylic oxidation sites excluding steroid dienone is 7. The Bertz CT molecular complexity index is 1220. The maximum absolute atomic E-state index is 13.2. The average Bonchev–Trinajstić information content (AvgIpc) is 3.21. The molecule has 1 aliphatic heterocycles. The molecule has 5 rings (SSSR count). The fraction of sp³-hybridized carbons (Fsp3) is 0.448. The Hall–Kier alpha value is -3.19. The number of fused-ring (bicyclic) bond motifs is 1. The number of aromatic nitrogens is 1. The number of halogens is 1. The predicted molar refractivity (Wildman–Crippen MR) is 148 cm³/mol. The zero-order chi connectivity index (χ0) is 25.9. The second-order valence-electron chi connectivity index (χ2n) is 10.1. The number of imide groups is 1. The van der Waals surface area contributed by atoms with Gasteiger partial charge >= 0.3 is 12.1 Å². The third-order valence-corrected chi connectivity index (χ3v) is 7.90. The lowest BCUT2D eigenvalue weighted by atomic mass is 10.0. The molecule has 196 valence electrons. The van der Waals surface area contributed by atoms with E-state index in [1.807, 2.05) is 12.2 Å². The number of nitrogens with one attached hydrogen (secondary N) is 2. The Balaban J connectivity index is 1.32. The summed E-state index contributed by atoms with van der Waals surface area (Å²) in [7, 11) is 0. The maximum atomic E-state index is 13.2. The first kappa shape index (κ1) is 25.5. The molecular formula is C29H36ClN5O2. The van der Waals surface area contributed by atoms with Gasteiger partial charge in [-0.05, 0) is 75.7 Å². The first-order chi connectivity index (χ1) is 17.9. The SMILES string of the molecule is CCN1C(=O)NC(NC2=Cc3cc(C)n(CCC4=CC=CCC4)c3CC2)N(CC2=CCC(Cl)C=C2)C1=O. The molecule has 3 aliphatic carbocycles. The van der Waals surface area contributed by atoms with Crippen molar-refractivity contribution in [1.82, 2.24) is 25.0 Å². The van der Waals surface area contributed by atoms with Crippen molar-refractivity contribution >= 4 is 29.7 Å². The van der Waals surface area contributed by atoms with Crippen molar-refractivity contribution in [1.29, 1.82) is 0 Å². The highest BCUT2D eigenvalue weighted by molar-refractivity contribution is 6.22. The monoisotopic (exact) mass is 521 g/mol. The van der Waals surface area contributed by atoms with Crippen LogP contribution in [0, 0.1) is 6.92 Å². The summed E-state index contributed by atoms with van der Waals surface area (Å²) in [6.45, 7) is 5.69. The van der Waals surface area contributed by atoms with Crippen LogP contribution in [0.4, 0.5) is 9.59 Å². The molecule has 0 radical (unpaired) electrons. The highest BCUT2D eigenvalue weighted by Crippen LogP contribution is 2.28. The molecule has 0 bridgehead atoms. The molecule has 37 heavy (non-hydrogen) atoms. The lowest BCUT2D eigenvalue weighted by molar-refractivity contribution is 0.100. The molecular weight excluding hydrogens is 486 g/mol. The minimum Gasteiger partial charge on any atom is -0.352 e. The van der Waals surface area contributed by atoms with Crippen molar-refractivity contribution in [2.24, 2.45) is 0 Å². The van der Waals surface area contributed by atoms with Gasteiger partial charge in [-0.3, -0.25) is 10.2 Å². The second-order valence-corrected chi connectivity index (χ2v) is 10.7. The van der Waals surface area contributed by atoms with Crippen LogP contribution >= 0.6 is 11.6 Å². The van der Waals surface area contributed by atoms with Gasteiger partial charge in [-0.25, -0.2) is 14.5 Å². The number of aryl methyl sites for hydroxylation is 1. The third-order valence-electron chi connectivity index (χ3n) is 7.58. The summed E-state index contributed by atoms with van der Waals surface area (Å²) in [6.07, 6.45) is 20.0. The van der Waals surface area contributed by atoms with E-state index in [2.05, 4.69) is 58.6 Å². The Kier molecular flexibility index (Phi) is 7.60. The van der Waals surface area contributed by atoms with E-state index in [1.165, 1.54) is 27.4 Å². The fourth-order valence-electron chi connectivity index (χ4n) is 5.52. The van der Waals surface area contributed by atoms with E-state index in [0.717, 1.165) is 56.3 Å². The molecule has 2 heterocycles. The van der Waals surface area contributed by atoms with E-state index in [4.69, 9.17) is 11.6 Å². The summed E-state index contributed by atoms with van der Waals surface area (Å²) in [5.41, 5.74) is 7.39. The molecule has 0 saturated carbocycles. The van der Waals surface area contributed by atoms with Gasteiger partial charge in [0.15, 0.2) is 6.29 Å². The molecule has 2 unspecified atom stereocenters. The zero-order valence-corrected chi connectivity index (χ0v) is 22.4. The summed E-state index contributed by atoms with van der Waals surface area (Å²) in [5.74, 6) is 0. The number of carbonyl (C=O) groups excluding carboxylic acids is 2. The van der Waals surface area contributed by atoms with Gasteiger partial charge in [-0.1, -0.05) is 42.0 Å². The molecule has 7 nitrogen and oxygen atoms in total. The van der Waals surface area contributed by atoms with Gasteiger partial charge in [0.05, 0.1) is 11.9 Å². The lowest BCUT2D eigenvalue weighted by Crippen LogP contribution is -2.69. The Morgan fingerprint density at radius 3 is 2.81 bits per heavy atom. The van der Waals surface area contributed by atoms with Crippen LogP contribution in [-0.2, 0) is 13.0 Å². The summed E-state index contributed by atoms with van der Waals surface area (Å²) in [4.78, 5) is 28.8. The summed E-state index contributed by atoms with van der Waals surface area (Å²) in [6, 6.07) is 1.57. The fourth-order valence-corrected chi connectivity index (χ4v) is 5.68. The lowest BCUT2D eigenvalue weighted by Gasteiger charge is -2.42. The molecule has 1 fully saturated rings. The van der Waals surface area contributed by atoms with E-state index in [1.54, 1.807) is 11.8 Å². The Morgan fingerprint density at radius 2 is 2.08 bits per heavy atom. The minimum absolute atomic E-state index is 0.0184.